The zero-order chi connectivity index (χ0) is 23.4. The Morgan fingerprint density at radius 2 is 1.91 bits per heavy atom. The van der Waals surface area contributed by atoms with E-state index in [-0.39, 0.29) is 36.5 Å². The number of rotatable bonds is 9. The highest BCUT2D eigenvalue weighted by Gasteiger charge is 2.33. The topological polar surface area (TPSA) is 80.0 Å². The minimum absolute atomic E-state index is 0.0594. The molecule has 2 atom stereocenters. The molecule has 8 heteroatoms. The van der Waals surface area contributed by atoms with E-state index in [1.165, 1.54) is 12.1 Å². The highest BCUT2D eigenvalue weighted by atomic mass is 32.2. The Morgan fingerprint density at radius 1 is 1.15 bits per heavy atom. The molecule has 1 aliphatic heterocycles. The van der Waals surface area contributed by atoms with Crippen LogP contribution in [0.5, 0.6) is 5.75 Å². The molecule has 0 saturated carbocycles. The molecule has 1 fully saturated rings. The normalized spacial score (nSPS) is 18.5. The van der Waals surface area contributed by atoms with E-state index in [0.717, 1.165) is 11.1 Å². The van der Waals surface area contributed by atoms with Gasteiger partial charge in [-0.15, -0.1) is 0 Å². The van der Waals surface area contributed by atoms with Crippen LogP contribution in [0.4, 0.5) is 4.39 Å². The Hall–Kier alpha value is -2.68. The molecule has 6 nitrogen and oxygen atoms in total. The first-order chi connectivity index (χ1) is 15.8. The SMILES string of the molecule is Cc1ccccc1OCC(O)CN(Cc1ccc(-c2ccc(F)cc2)o1)C1CCS(=O)(=O)C1. The van der Waals surface area contributed by atoms with Gasteiger partial charge in [0.15, 0.2) is 9.84 Å². The number of aryl methyl sites for hydroxylation is 1. The van der Waals surface area contributed by atoms with Crippen molar-refractivity contribution in [3.8, 4) is 17.1 Å². The lowest BCUT2D eigenvalue weighted by molar-refractivity contribution is 0.0496. The van der Waals surface area contributed by atoms with Crippen LogP contribution in [0.2, 0.25) is 0 Å². The van der Waals surface area contributed by atoms with E-state index < -0.39 is 15.9 Å². The second-order valence-corrected chi connectivity index (χ2v) is 10.7. The number of benzene rings is 2. The summed E-state index contributed by atoms with van der Waals surface area (Å²) >= 11 is 0. The quantitative estimate of drug-likeness (QED) is 0.509. The smallest absolute Gasteiger partial charge is 0.151 e. The maximum atomic E-state index is 13.2. The van der Waals surface area contributed by atoms with Crippen molar-refractivity contribution in [2.24, 2.45) is 0 Å². The van der Waals surface area contributed by atoms with Crippen LogP contribution in [-0.4, -0.2) is 55.2 Å². The van der Waals surface area contributed by atoms with Crippen molar-refractivity contribution in [1.29, 1.82) is 0 Å². The summed E-state index contributed by atoms with van der Waals surface area (Å²) in [4.78, 5) is 1.95. The predicted molar refractivity (Wildman–Crippen MR) is 124 cm³/mol. The largest absolute Gasteiger partial charge is 0.491 e. The Kier molecular flexibility index (Phi) is 7.17. The molecular weight excluding hydrogens is 445 g/mol. The Balaban J connectivity index is 1.45. The molecule has 33 heavy (non-hydrogen) atoms. The zero-order valence-corrected chi connectivity index (χ0v) is 19.3. The van der Waals surface area contributed by atoms with Gasteiger partial charge in [0.1, 0.15) is 35.8 Å². The van der Waals surface area contributed by atoms with Gasteiger partial charge in [-0.25, -0.2) is 12.8 Å². The molecule has 2 heterocycles. The molecule has 0 aliphatic carbocycles. The van der Waals surface area contributed by atoms with E-state index in [4.69, 9.17) is 9.15 Å². The van der Waals surface area contributed by atoms with Gasteiger partial charge in [-0.2, -0.15) is 0 Å². The van der Waals surface area contributed by atoms with Gasteiger partial charge in [-0.3, -0.25) is 4.90 Å². The van der Waals surface area contributed by atoms with Crippen LogP contribution in [0.25, 0.3) is 11.3 Å². The molecule has 0 radical (unpaired) electrons. The van der Waals surface area contributed by atoms with Gasteiger partial charge >= 0.3 is 0 Å². The third-order valence-corrected chi connectivity index (χ3v) is 7.59. The van der Waals surface area contributed by atoms with Crippen molar-refractivity contribution < 1.29 is 27.1 Å². The van der Waals surface area contributed by atoms with Crippen LogP contribution in [-0.2, 0) is 16.4 Å². The van der Waals surface area contributed by atoms with E-state index in [0.29, 0.717) is 30.2 Å². The standard InChI is InChI=1S/C25H28FNO5S/c1-18-4-2-3-5-24(18)31-16-22(28)14-27(21-12-13-33(29,30)17-21)15-23-10-11-25(32-23)19-6-8-20(26)9-7-19/h2-11,21-22,28H,12-17H2,1H3. The van der Waals surface area contributed by atoms with Crippen molar-refractivity contribution in [2.75, 3.05) is 24.7 Å². The second kappa shape index (κ2) is 10.1. The molecule has 176 valence electrons. The number of para-hydroxylation sites is 1. The average Bonchev–Trinajstić information content (AvgIpc) is 3.39. The van der Waals surface area contributed by atoms with E-state index in [2.05, 4.69) is 0 Å². The number of aliphatic hydroxyl groups is 1. The third-order valence-electron chi connectivity index (χ3n) is 5.84. The maximum Gasteiger partial charge on any atom is 0.151 e. The Morgan fingerprint density at radius 3 is 2.61 bits per heavy atom. The fraction of sp³-hybridized carbons (Fsp3) is 0.360. The van der Waals surface area contributed by atoms with Crippen molar-refractivity contribution in [2.45, 2.75) is 32.0 Å². The van der Waals surface area contributed by atoms with E-state index in [9.17, 15) is 17.9 Å². The van der Waals surface area contributed by atoms with Crippen LogP contribution in [0.1, 0.15) is 17.7 Å². The molecular formula is C25H28FNO5S. The highest BCUT2D eigenvalue weighted by Crippen LogP contribution is 2.26. The van der Waals surface area contributed by atoms with Crippen LogP contribution in [0.3, 0.4) is 0 Å². The molecule has 0 amide bonds. The number of hydrogen-bond donors (Lipinski definition) is 1. The lowest BCUT2D eigenvalue weighted by Crippen LogP contribution is -2.42. The fourth-order valence-corrected chi connectivity index (χ4v) is 5.83. The van der Waals surface area contributed by atoms with Gasteiger partial charge in [0, 0.05) is 18.2 Å². The van der Waals surface area contributed by atoms with Gasteiger partial charge in [-0.05, 0) is 61.4 Å². The lowest BCUT2D eigenvalue weighted by Gasteiger charge is -2.29. The highest BCUT2D eigenvalue weighted by molar-refractivity contribution is 7.91. The average molecular weight is 474 g/mol. The zero-order valence-electron chi connectivity index (χ0n) is 18.5. The van der Waals surface area contributed by atoms with Crippen LogP contribution in [0.15, 0.2) is 65.1 Å². The molecule has 2 unspecified atom stereocenters. The Bertz CT molecular complexity index is 1180. The van der Waals surface area contributed by atoms with E-state index in [1.54, 1.807) is 12.1 Å². The van der Waals surface area contributed by atoms with Gasteiger partial charge in [0.2, 0.25) is 0 Å². The van der Waals surface area contributed by atoms with Crippen molar-refractivity contribution >= 4 is 9.84 Å². The van der Waals surface area contributed by atoms with Crippen LogP contribution < -0.4 is 4.74 Å². The monoisotopic (exact) mass is 473 g/mol. The molecule has 1 aliphatic rings. The van der Waals surface area contributed by atoms with Crippen LogP contribution in [0, 0.1) is 12.7 Å². The minimum atomic E-state index is -3.09. The van der Waals surface area contributed by atoms with E-state index >= 15 is 0 Å². The van der Waals surface area contributed by atoms with Gasteiger partial charge in [0.05, 0.1) is 18.1 Å². The summed E-state index contributed by atoms with van der Waals surface area (Å²) in [7, 11) is -3.09. The first-order valence-corrected chi connectivity index (χ1v) is 12.8. The second-order valence-electron chi connectivity index (χ2n) is 8.49. The molecule has 1 saturated heterocycles. The number of ether oxygens (including phenoxy) is 1. The number of aliphatic hydroxyl groups excluding tert-OH is 1. The summed E-state index contributed by atoms with van der Waals surface area (Å²) in [6.45, 7) is 2.63. The number of halogens is 1. The predicted octanol–water partition coefficient (Wildman–Crippen LogP) is 3.82. The molecule has 2 aromatic carbocycles. The number of sulfone groups is 1. The van der Waals surface area contributed by atoms with Crippen molar-refractivity contribution in [1.82, 2.24) is 4.90 Å². The summed E-state index contributed by atoms with van der Waals surface area (Å²) in [6.07, 6.45) is -0.293. The summed E-state index contributed by atoms with van der Waals surface area (Å²) in [6, 6.07) is 17.0. The number of furan rings is 1. The summed E-state index contributed by atoms with van der Waals surface area (Å²) in [5.74, 6) is 1.84. The third kappa shape index (κ3) is 6.22. The summed E-state index contributed by atoms with van der Waals surface area (Å²) in [5.41, 5.74) is 1.73. The lowest BCUT2D eigenvalue weighted by atomic mass is 10.2. The molecule has 1 aromatic heterocycles. The molecule has 1 N–H and O–H groups in total. The first kappa shape index (κ1) is 23.5. The summed E-state index contributed by atoms with van der Waals surface area (Å²) in [5, 5.41) is 10.7. The van der Waals surface area contributed by atoms with Crippen molar-refractivity contribution in [3.63, 3.8) is 0 Å². The number of hydrogen-bond acceptors (Lipinski definition) is 6. The van der Waals surface area contributed by atoms with Gasteiger partial charge in [-0.1, -0.05) is 18.2 Å². The maximum absolute atomic E-state index is 13.2. The fourth-order valence-electron chi connectivity index (χ4n) is 4.07. The van der Waals surface area contributed by atoms with E-state index in [1.807, 2.05) is 48.2 Å². The molecule has 4 rings (SSSR count). The number of nitrogens with zero attached hydrogens (tertiary/aromatic N) is 1. The van der Waals surface area contributed by atoms with Crippen molar-refractivity contribution in [3.05, 3.63) is 77.8 Å². The Labute approximate surface area is 193 Å². The van der Waals surface area contributed by atoms with Gasteiger partial charge < -0.3 is 14.3 Å². The molecule has 3 aromatic rings. The molecule has 0 spiro atoms. The molecule has 0 bridgehead atoms. The summed E-state index contributed by atoms with van der Waals surface area (Å²) < 4.78 is 49.1. The minimum Gasteiger partial charge on any atom is -0.491 e. The van der Waals surface area contributed by atoms with Crippen LogP contribution >= 0.6 is 0 Å². The van der Waals surface area contributed by atoms with Gasteiger partial charge in [0.25, 0.3) is 0 Å². The first-order valence-electron chi connectivity index (χ1n) is 10.9.